The summed E-state index contributed by atoms with van der Waals surface area (Å²) >= 11 is 0. The van der Waals surface area contributed by atoms with Gasteiger partial charge in [0.2, 0.25) is 0 Å². The molecule has 2 aromatic carbocycles. The number of ether oxygens (including phenoxy) is 2. The van der Waals surface area contributed by atoms with Crippen molar-refractivity contribution in [3.8, 4) is 5.75 Å². The topological polar surface area (TPSA) is 119 Å². The van der Waals surface area contributed by atoms with E-state index in [1.54, 1.807) is 31.3 Å². The lowest BCUT2D eigenvalue weighted by Crippen LogP contribution is -2.43. The highest BCUT2D eigenvalue weighted by molar-refractivity contribution is 6.02. The minimum absolute atomic E-state index is 0.0973. The van der Waals surface area contributed by atoms with E-state index in [9.17, 15) is 24.5 Å². The van der Waals surface area contributed by atoms with Crippen LogP contribution in [-0.2, 0) is 19.1 Å². The summed E-state index contributed by atoms with van der Waals surface area (Å²) in [7, 11) is 1.55. The van der Waals surface area contributed by atoms with Crippen LogP contribution < -0.4 is 14.5 Å². The number of para-hydroxylation sites is 1. The van der Waals surface area contributed by atoms with Crippen molar-refractivity contribution in [3.05, 3.63) is 58.6 Å². The molecule has 0 radical (unpaired) electrons. The Morgan fingerprint density at radius 2 is 1.97 bits per heavy atom. The average Bonchev–Trinajstić information content (AvgIpc) is 2.73. The number of fused-ring (bicyclic) bond motifs is 1. The number of nitrogens with zero attached hydrogens (tertiary/aromatic N) is 3. The fourth-order valence-corrected chi connectivity index (χ4v) is 2.69. The van der Waals surface area contributed by atoms with Gasteiger partial charge in [0, 0.05) is 24.9 Å². The van der Waals surface area contributed by atoms with Crippen molar-refractivity contribution >= 4 is 34.8 Å². The average molecular weight is 399 g/mol. The maximum Gasteiger partial charge on any atom is 0.326 e. The SMILES string of the molecule is CN(C(=O)COC(=O)CN1C(=O)COc2ccc([N+](=O)[O-])cc21)c1ccccc1. The Hall–Kier alpha value is -3.95. The van der Waals surface area contributed by atoms with Crippen molar-refractivity contribution in [3.63, 3.8) is 0 Å². The number of non-ortho nitro benzene ring substituents is 1. The van der Waals surface area contributed by atoms with Gasteiger partial charge in [0.05, 0.1) is 10.6 Å². The zero-order valence-corrected chi connectivity index (χ0v) is 15.4. The van der Waals surface area contributed by atoms with Gasteiger partial charge in [-0.05, 0) is 18.2 Å². The summed E-state index contributed by atoms with van der Waals surface area (Å²) in [5.41, 5.74) is 0.485. The molecule has 1 heterocycles. The van der Waals surface area contributed by atoms with E-state index in [-0.39, 0.29) is 23.7 Å². The number of nitro groups is 1. The zero-order chi connectivity index (χ0) is 21.0. The predicted molar refractivity (Wildman–Crippen MR) is 102 cm³/mol. The second kappa shape index (κ2) is 8.38. The summed E-state index contributed by atoms with van der Waals surface area (Å²) in [6, 6.07) is 12.6. The Bertz CT molecular complexity index is 962. The van der Waals surface area contributed by atoms with Crippen molar-refractivity contribution < 1.29 is 28.8 Å². The van der Waals surface area contributed by atoms with Gasteiger partial charge >= 0.3 is 5.97 Å². The number of anilines is 2. The Kier molecular flexibility index (Phi) is 5.72. The number of benzene rings is 2. The number of likely N-dealkylation sites (N-methyl/N-ethyl adjacent to an activating group) is 1. The van der Waals surface area contributed by atoms with Gasteiger partial charge in [-0.2, -0.15) is 0 Å². The molecule has 0 unspecified atom stereocenters. The standard InChI is InChI=1S/C19H17N3O7/c1-20(13-5-3-2-4-6-13)17(23)11-29-19(25)10-21-15-9-14(22(26)27)7-8-16(15)28-12-18(21)24/h2-9H,10-12H2,1H3. The summed E-state index contributed by atoms with van der Waals surface area (Å²) in [6.45, 7) is -1.32. The number of hydrogen-bond donors (Lipinski definition) is 0. The number of esters is 1. The van der Waals surface area contributed by atoms with Gasteiger partial charge in [-0.1, -0.05) is 18.2 Å². The van der Waals surface area contributed by atoms with E-state index < -0.39 is 35.9 Å². The number of nitro benzene ring substituents is 1. The molecule has 0 N–H and O–H groups in total. The molecule has 0 aromatic heterocycles. The van der Waals surface area contributed by atoms with Gasteiger partial charge < -0.3 is 14.4 Å². The highest BCUT2D eigenvalue weighted by Gasteiger charge is 2.30. The smallest absolute Gasteiger partial charge is 0.326 e. The number of rotatable bonds is 6. The van der Waals surface area contributed by atoms with Crippen molar-refractivity contribution in [1.29, 1.82) is 0 Å². The highest BCUT2D eigenvalue weighted by Crippen LogP contribution is 2.35. The van der Waals surface area contributed by atoms with Crippen LogP contribution in [0.4, 0.5) is 17.1 Å². The van der Waals surface area contributed by atoms with E-state index in [4.69, 9.17) is 9.47 Å². The van der Waals surface area contributed by atoms with Gasteiger partial charge in [0.15, 0.2) is 13.2 Å². The first kappa shape index (κ1) is 19.8. The molecular formula is C19H17N3O7. The van der Waals surface area contributed by atoms with Crippen LogP contribution in [0.15, 0.2) is 48.5 Å². The molecular weight excluding hydrogens is 382 g/mol. The lowest BCUT2D eigenvalue weighted by molar-refractivity contribution is -0.384. The Morgan fingerprint density at radius 1 is 1.24 bits per heavy atom. The molecule has 150 valence electrons. The van der Waals surface area contributed by atoms with Crippen LogP contribution in [0, 0.1) is 10.1 Å². The molecule has 1 aliphatic rings. The minimum Gasteiger partial charge on any atom is -0.482 e. The molecule has 1 aliphatic heterocycles. The first-order chi connectivity index (χ1) is 13.9. The van der Waals surface area contributed by atoms with Crippen molar-refractivity contribution in [1.82, 2.24) is 0 Å². The lowest BCUT2D eigenvalue weighted by atomic mass is 10.2. The third-order valence-electron chi connectivity index (χ3n) is 4.26. The van der Waals surface area contributed by atoms with E-state index >= 15 is 0 Å². The molecule has 2 aromatic rings. The molecule has 10 heteroatoms. The molecule has 0 spiro atoms. The third-order valence-corrected chi connectivity index (χ3v) is 4.26. The van der Waals surface area contributed by atoms with Crippen LogP contribution in [0.25, 0.3) is 0 Å². The largest absolute Gasteiger partial charge is 0.482 e. The number of hydrogen-bond acceptors (Lipinski definition) is 7. The first-order valence-corrected chi connectivity index (χ1v) is 8.55. The zero-order valence-electron chi connectivity index (χ0n) is 15.4. The van der Waals surface area contributed by atoms with Crippen LogP contribution in [0.2, 0.25) is 0 Å². The number of carbonyl (C=O) groups is 3. The van der Waals surface area contributed by atoms with Crippen LogP contribution in [0.5, 0.6) is 5.75 Å². The van der Waals surface area contributed by atoms with E-state index in [0.717, 1.165) is 11.0 Å². The summed E-state index contributed by atoms with van der Waals surface area (Å²) in [5, 5.41) is 11.0. The second-order valence-electron chi connectivity index (χ2n) is 6.13. The summed E-state index contributed by atoms with van der Waals surface area (Å²) in [6.07, 6.45) is 0. The Morgan fingerprint density at radius 3 is 2.66 bits per heavy atom. The van der Waals surface area contributed by atoms with Gasteiger partial charge in [-0.25, -0.2) is 0 Å². The summed E-state index contributed by atoms with van der Waals surface area (Å²) in [5.74, 6) is -1.59. The highest BCUT2D eigenvalue weighted by atomic mass is 16.6. The number of amides is 2. The van der Waals surface area contributed by atoms with Crippen LogP contribution in [0.3, 0.4) is 0 Å². The van der Waals surface area contributed by atoms with E-state index in [0.29, 0.717) is 5.69 Å². The lowest BCUT2D eigenvalue weighted by Gasteiger charge is -2.28. The van der Waals surface area contributed by atoms with E-state index in [2.05, 4.69) is 0 Å². The molecule has 0 bridgehead atoms. The monoisotopic (exact) mass is 399 g/mol. The van der Waals surface area contributed by atoms with Crippen molar-refractivity contribution in [2.45, 2.75) is 0 Å². The fraction of sp³-hybridized carbons (Fsp3) is 0.211. The molecule has 0 atom stereocenters. The fourth-order valence-electron chi connectivity index (χ4n) is 2.69. The Balaban J connectivity index is 1.65. The normalized spacial score (nSPS) is 12.6. The van der Waals surface area contributed by atoms with Gasteiger partial charge in [0.25, 0.3) is 17.5 Å². The molecule has 0 saturated carbocycles. The summed E-state index contributed by atoms with van der Waals surface area (Å²) in [4.78, 5) is 49.3. The van der Waals surface area contributed by atoms with Crippen molar-refractivity contribution in [2.24, 2.45) is 0 Å². The molecule has 10 nitrogen and oxygen atoms in total. The van der Waals surface area contributed by atoms with Crippen LogP contribution in [-0.4, -0.2) is 49.5 Å². The third kappa shape index (κ3) is 4.49. The molecule has 0 saturated heterocycles. The van der Waals surface area contributed by atoms with E-state index in [1.807, 2.05) is 6.07 Å². The van der Waals surface area contributed by atoms with Crippen LogP contribution >= 0.6 is 0 Å². The van der Waals surface area contributed by atoms with Crippen molar-refractivity contribution in [2.75, 3.05) is 36.6 Å². The van der Waals surface area contributed by atoms with Crippen LogP contribution in [0.1, 0.15) is 0 Å². The molecule has 0 aliphatic carbocycles. The molecule has 0 fully saturated rings. The second-order valence-corrected chi connectivity index (χ2v) is 6.13. The predicted octanol–water partition coefficient (Wildman–Crippen LogP) is 1.53. The quantitative estimate of drug-likeness (QED) is 0.410. The number of carbonyl (C=O) groups excluding carboxylic acids is 3. The Labute approximate surface area is 165 Å². The van der Waals surface area contributed by atoms with E-state index in [1.165, 1.54) is 17.0 Å². The minimum atomic E-state index is -0.826. The van der Waals surface area contributed by atoms with Gasteiger partial charge in [0.1, 0.15) is 12.3 Å². The maximum absolute atomic E-state index is 12.2. The van der Waals surface area contributed by atoms with Gasteiger partial charge in [-0.15, -0.1) is 0 Å². The van der Waals surface area contributed by atoms with Gasteiger partial charge in [-0.3, -0.25) is 29.4 Å². The molecule has 29 heavy (non-hydrogen) atoms. The molecule has 2 amide bonds. The first-order valence-electron chi connectivity index (χ1n) is 8.55. The maximum atomic E-state index is 12.2. The summed E-state index contributed by atoms with van der Waals surface area (Å²) < 4.78 is 10.2. The molecule has 3 rings (SSSR count).